The Bertz CT molecular complexity index is 432. The third kappa shape index (κ3) is 3.40. The third-order valence-corrected chi connectivity index (χ3v) is 2.53. The molecule has 0 bridgehead atoms. The lowest BCUT2D eigenvalue weighted by Gasteiger charge is -2.09. The molecule has 0 unspecified atom stereocenters. The van der Waals surface area contributed by atoms with Gasteiger partial charge in [-0.05, 0) is 24.6 Å². The van der Waals surface area contributed by atoms with Crippen LogP contribution >= 0.6 is 0 Å². The van der Waals surface area contributed by atoms with Crippen molar-refractivity contribution in [2.45, 2.75) is 19.9 Å². The highest BCUT2D eigenvalue weighted by Crippen LogP contribution is 2.30. The summed E-state index contributed by atoms with van der Waals surface area (Å²) >= 11 is 0. The average Bonchev–Trinajstić information content (AvgIpc) is 2.59. The fourth-order valence-electron chi connectivity index (χ4n) is 1.68. The van der Waals surface area contributed by atoms with Gasteiger partial charge in [-0.15, -0.1) is 5.92 Å². The highest BCUT2D eigenvalue weighted by atomic mass is 16.5. The van der Waals surface area contributed by atoms with E-state index in [-0.39, 0.29) is 0 Å². The Morgan fingerprint density at radius 3 is 2.88 bits per heavy atom. The van der Waals surface area contributed by atoms with Gasteiger partial charge in [-0.2, -0.15) is 0 Å². The molecular weight excluding hydrogens is 214 g/mol. The average molecular weight is 231 g/mol. The maximum Gasteiger partial charge on any atom is 0.161 e. The quantitative estimate of drug-likeness (QED) is 0.637. The zero-order chi connectivity index (χ0) is 11.9. The summed E-state index contributed by atoms with van der Waals surface area (Å²) in [5.74, 6) is 7.53. The van der Waals surface area contributed by atoms with Gasteiger partial charge in [-0.1, -0.05) is 12.0 Å². The minimum absolute atomic E-state index is 0.713. The monoisotopic (exact) mass is 231 g/mol. The van der Waals surface area contributed by atoms with Crippen LogP contribution in [0.3, 0.4) is 0 Å². The van der Waals surface area contributed by atoms with E-state index in [1.807, 2.05) is 19.1 Å². The van der Waals surface area contributed by atoms with Gasteiger partial charge < -0.3 is 14.8 Å². The van der Waals surface area contributed by atoms with Crippen molar-refractivity contribution in [2.24, 2.45) is 0 Å². The Balaban J connectivity index is 1.99. The highest BCUT2D eigenvalue weighted by molar-refractivity contribution is 5.43. The van der Waals surface area contributed by atoms with Gasteiger partial charge in [0.15, 0.2) is 11.5 Å². The molecule has 0 spiro atoms. The Morgan fingerprint density at radius 2 is 2.06 bits per heavy atom. The Morgan fingerprint density at radius 1 is 1.24 bits per heavy atom. The van der Waals surface area contributed by atoms with Gasteiger partial charge in [0, 0.05) is 13.0 Å². The Labute approximate surface area is 102 Å². The standard InChI is InChI=1S/C14H17NO2/c1-2-3-7-15-11-12-5-6-13-14(10-12)17-9-4-8-16-13/h5-6,10,15H,4,7-9,11H2,1H3. The molecule has 1 aliphatic rings. The van der Waals surface area contributed by atoms with E-state index in [2.05, 4.69) is 23.2 Å². The zero-order valence-corrected chi connectivity index (χ0v) is 10.1. The molecule has 17 heavy (non-hydrogen) atoms. The van der Waals surface area contributed by atoms with Crippen LogP contribution < -0.4 is 14.8 Å². The van der Waals surface area contributed by atoms with E-state index in [9.17, 15) is 0 Å². The second-order valence-corrected chi connectivity index (χ2v) is 3.86. The van der Waals surface area contributed by atoms with Crippen LogP contribution in [0.25, 0.3) is 0 Å². The Kier molecular flexibility index (Phi) is 4.29. The summed E-state index contributed by atoms with van der Waals surface area (Å²) in [5, 5.41) is 3.26. The maximum absolute atomic E-state index is 5.64. The first-order chi connectivity index (χ1) is 8.40. The second-order valence-electron chi connectivity index (χ2n) is 3.86. The molecule has 0 fully saturated rings. The van der Waals surface area contributed by atoms with Gasteiger partial charge in [0.05, 0.1) is 19.8 Å². The molecule has 1 aromatic carbocycles. The van der Waals surface area contributed by atoms with E-state index in [1.165, 1.54) is 5.56 Å². The van der Waals surface area contributed by atoms with E-state index in [1.54, 1.807) is 0 Å². The van der Waals surface area contributed by atoms with Crippen molar-refractivity contribution in [3.05, 3.63) is 23.8 Å². The van der Waals surface area contributed by atoms with Crippen LogP contribution in [0, 0.1) is 11.8 Å². The lowest BCUT2D eigenvalue weighted by atomic mass is 10.2. The lowest BCUT2D eigenvalue weighted by molar-refractivity contribution is 0.297. The van der Waals surface area contributed by atoms with Crippen LogP contribution in [0.5, 0.6) is 11.5 Å². The Hall–Kier alpha value is -1.66. The van der Waals surface area contributed by atoms with E-state index < -0.39 is 0 Å². The molecule has 0 saturated carbocycles. The predicted molar refractivity (Wildman–Crippen MR) is 67.2 cm³/mol. The summed E-state index contributed by atoms with van der Waals surface area (Å²) < 4.78 is 11.2. The number of rotatable bonds is 3. The highest BCUT2D eigenvalue weighted by Gasteiger charge is 2.10. The molecule has 1 heterocycles. The molecule has 0 radical (unpaired) electrons. The van der Waals surface area contributed by atoms with Gasteiger partial charge in [0.1, 0.15) is 0 Å². The van der Waals surface area contributed by atoms with Gasteiger partial charge in [0.25, 0.3) is 0 Å². The molecule has 1 N–H and O–H groups in total. The SMILES string of the molecule is CC#CCNCc1ccc2c(c1)OCCCO2. The van der Waals surface area contributed by atoms with Crippen molar-refractivity contribution in [2.75, 3.05) is 19.8 Å². The first-order valence-electron chi connectivity index (χ1n) is 5.89. The van der Waals surface area contributed by atoms with Crippen LogP contribution in [0.1, 0.15) is 18.9 Å². The number of benzene rings is 1. The van der Waals surface area contributed by atoms with E-state index in [0.29, 0.717) is 6.54 Å². The van der Waals surface area contributed by atoms with Crippen molar-refractivity contribution in [1.29, 1.82) is 0 Å². The molecule has 0 aliphatic carbocycles. The van der Waals surface area contributed by atoms with Crippen LogP contribution in [0.4, 0.5) is 0 Å². The molecule has 1 aromatic rings. The molecule has 0 amide bonds. The largest absolute Gasteiger partial charge is 0.490 e. The first-order valence-corrected chi connectivity index (χ1v) is 5.89. The molecule has 90 valence electrons. The van der Waals surface area contributed by atoms with Crippen molar-refractivity contribution in [3.8, 4) is 23.3 Å². The molecular formula is C14H17NO2. The zero-order valence-electron chi connectivity index (χ0n) is 10.1. The maximum atomic E-state index is 5.64. The third-order valence-electron chi connectivity index (χ3n) is 2.53. The fourth-order valence-corrected chi connectivity index (χ4v) is 1.68. The summed E-state index contributed by atoms with van der Waals surface area (Å²) in [7, 11) is 0. The summed E-state index contributed by atoms with van der Waals surface area (Å²) in [4.78, 5) is 0. The minimum Gasteiger partial charge on any atom is -0.490 e. The van der Waals surface area contributed by atoms with Crippen LogP contribution in [0.2, 0.25) is 0 Å². The number of hydrogen-bond donors (Lipinski definition) is 1. The number of fused-ring (bicyclic) bond motifs is 1. The van der Waals surface area contributed by atoms with Crippen molar-refractivity contribution in [1.82, 2.24) is 5.32 Å². The number of ether oxygens (including phenoxy) is 2. The van der Waals surface area contributed by atoms with E-state index in [0.717, 1.165) is 37.7 Å². The molecule has 2 rings (SSSR count). The normalized spacial score (nSPS) is 13.5. The van der Waals surface area contributed by atoms with E-state index in [4.69, 9.17) is 9.47 Å². The van der Waals surface area contributed by atoms with Crippen molar-refractivity contribution >= 4 is 0 Å². The summed E-state index contributed by atoms with van der Waals surface area (Å²) in [6.07, 6.45) is 0.939. The second kappa shape index (κ2) is 6.17. The first kappa shape index (κ1) is 11.8. The molecule has 0 atom stereocenters. The number of nitrogens with one attached hydrogen (secondary N) is 1. The van der Waals surface area contributed by atoms with Crippen LogP contribution in [-0.2, 0) is 6.54 Å². The van der Waals surface area contributed by atoms with Crippen molar-refractivity contribution < 1.29 is 9.47 Å². The number of hydrogen-bond acceptors (Lipinski definition) is 3. The fraction of sp³-hybridized carbons (Fsp3) is 0.429. The van der Waals surface area contributed by atoms with Gasteiger partial charge in [-0.3, -0.25) is 0 Å². The van der Waals surface area contributed by atoms with Crippen LogP contribution in [-0.4, -0.2) is 19.8 Å². The molecule has 1 aliphatic heterocycles. The molecule has 3 heteroatoms. The minimum atomic E-state index is 0.713. The lowest BCUT2D eigenvalue weighted by Crippen LogP contribution is -2.13. The van der Waals surface area contributed by atoms with Gasteiger partial charge in [-0.25, -0.2) is 0 Å². The van der Waals surface area contributed by atoms with Crippen LogP contribution in [0.15, 0.2) is 18.2 Å². The molecule has 3 nitrogen and oxygen atoms in total. The van der Waals surface area contributed by atoms with Gasteiger partial charge in [0.2, 0.25) is 0 Å². The van der Waals surface area contributed by atoms with Gasteiger partial charge >= 0.3 is 0 Å². The molecule has 0 aromatic heterocycles. The summed E-state index contributed by atoms with van der Waals surface area (Å²) in [6, 6.07) is 6.07. The predicted octanol–water partition coefficient (Wildman–Crippen LogP) is 1.96. The topological polar surface area (TPSA) is 30.5 Å². The van der Waals surface area contributed by atoms with E-state index >= 15 is 0 Å². The smallest absolute Gasteiger partial charge is 0.161 e. The van der Waals surface area contributed by atoms with Crippen molar-refractivity contribution in [3.63, 3.8) is 0 Å². The summed E-state index contributed by atoms with van der Waals surface area (Å²) in [5.41, 5.74) is 1.19. The summed E-state index contributed by atoms with van der Waals surface area (Å²) in [6.45, 7) is 4.81. The molecule has 0 saturated heterocycles.